The van der Waals surface area contributed by atoms with Gasteiger partial charge in [-0.15, -0.1) is 0 Å². The number of ether oxygens (including phenoxy) is 1. The summed E-state index contributed by atoms with van der Waals surface area (Å²) in [6, 6.07) is 16.2. The average molecular weight is 589 g/mol. The van der Waals surface area contributed by atoms with Crippen molar-refractivity contribution in [1.29, 1.82) is 0 Å². The van der Waals surface area contributed by atoms with Gasteiger partial charge in [-0.25, -0.2) is 4.68 Å². The van der Waals surface area contributed by atoms with Crippen LogP contribution < -0.4 is 10.1 Å². The van der Waals surface area contributed by atoms with Gasteiger partial charge in [-0.3, -0.25) is 4.79 Å². The molecule has 0 radical (unpaired) electrons. The molecule has 1 fully saturated rings. The van der Waals surface area contributed by atoms with Gasteiger partial charge < -0.3 is 19.4 Å². The molecule has 1 amide bonds. The number of hydrogen-bond donors (Lipinski definition) is 1. The number of nitrogens with one attached hydrogen (secondary N) is 1. The van der Waals surface area contributed by atoms with Crippen LogP contribution in [-0.2, 0) is 23.1 Å². The molecule has 226 valence electrons. The summed E-state index contributed by atoms with van der Waals surface area (Å²) in [6.07, 6.45) is 3.53. The molecule has 42 heavy (non-hydrogen) atoms. The van der Waals surface area contributed by atoms with E-state index in [2.05, 4.69) is 76.8 Å². The molecule has 1 aromatic heterocycles. The molecule has 3 aromatic rings. The summed E-state index contributed by atoms with van der Waals surface area (Å²) in [5.74, 6) is 2.26. The molecule has 0 bridgehead atoms. The number of nitrogens with zero attached hydrogens (tertiary/aromatic N) is 3. The van der Waals surface area contributed by atoms with Crippen molar-refractivity contribution >= 4 is 25.7 Å². The maximum absolute atomic E-state index is 13.2. The van der Waals surface area contributed by atoms with Crippen molar-refractivity contribution in [1.82, 2.24) is 14.7 Å². The van der Waals surface area contributed by atoms with Crippen molar-refractivity contribution in [2.75, 3.05) is 12.4 Å². The first-order valence-corrected chi connectivity index (χ1v) is 18.2. The third kappa shape index (κ3) is 6.30. The number of fused-ring (bicyclic) bond motifs is 1. The number of hydrogen-bond acceptors (Lipinski definition) is 5. The minimum Gasteiger partial charge on any atom is -0.497 e. The lowest BCUT2D eigenvalue weighted by molar-refractivity contribution is 0.0766. The number of carbonyl (C=O) groups excluding carboxylic acids is 1. The lowest BCUT2D eigenvalue weighted by Gasteiger charge is -2.38. The average Bonchev–Trinajstić information content (AvgIpc) is 3.61. The summed E-state index contributed by atoms with van der Waals surface area (Å²) in [6.45, 7) is 19.3. The van der Waals surface area contributed by atoms with Gasteiger partial charge in [-0.05, 0) is 99.6 Å². The Morgan fingerprint density at radius 1 is 1.00 bits per heavy atom. The van der Waals surface area contributed by atoms with Gasteiger partial charge in [0.05, 0.1) is 18.3 Å². The summed E-state index contributed by atoms with van der Waals surface area (Å²) in [4.78, 5) is 15.1. The molecule has 2 atom stereocenters. The highest BCUT2D eigenvalue weighted by Gasteiger charge is 2.41. The maximum atomic E-state index is 13.2. The van der Waals surface area contributed by atoms with Crippen LogP contribution >= 0.6 is 0 Å². The summed E-state index contributed by atoms with van der Waals surface area (Å²) in [5, 5.41) is 8.99. The third-order valence-electron chi connectivity index (χ3n) is 9.22. The molecule has 1 aliphatic carbocycles. The molecular weight excluding hydrogens is 540 g/mol. The first-order chi connectivity index (χ1) is 19.6. The summed E-state index contributed by atoms with van der Waals surface area (Å²) < 4.78 is 14.2. The zero-order valence-electron chi connectivity index (χ0n) is 26.9. The highest BCUT2D eigenvalue weighted by atomic mass is 28.4. The Hall–Kier alpha value is -3.10. The van der Waals surface area contributed by atoms with E-state index in [0.717, 1.165) is 58.9 Å². The highest BCUT2D eigenvalue weighted by Crippen LogP contribution is 2.43. The minimum absolute atomic E-state index is 0.0742. The Bertz CT molecular complexity index is 1430. The Kier molecular flexibility index (Phi) is 8.09. The van der Waals surface area contributed by atoms with E-state index in [1.165, 1.54) is 0 Å². The van der Waals surface area contributed by atoms with E-state index >= 15 is 0 Å². The van der Waals surface area contributed by atoms with E-state index in [9.17, 15) is 4.79 Å². The van der Waals surface area contributed by atoms with Gasteiger partial charge in [-0.2, -0.15) is 5.10 Å². The van der Waals surface area contributed by atoms with Gasteiger partial charge in [0.2, 0.25) is 0 Å². The van der Waals surface area contributed by atoms with Crippen molar-refractivity contribution in [2.45, 2.75) is 110 Å². The molecule has 1 aliphatic heterocycles. The number of anilines is 2. The van der Waals surface area contributed by atoms with Gasteiger partial charge >= 0.3 is 0 Å². The van der Waals surface area contributed by atoms with E-state index in [4.69, 9.17) is 14.3 Å². The van der Waals surface area contributed by atoms with E-state index in [-0.39, 0.29) is 16.5 Å². The molecule has 2 aliphatic rings. The van der Waals surface area contributed by atoms with Crippen LogP contribution in [0.4, 0.5) is 11.5 Å². The van der Waals surface area contributed by atoms with Gasteiger partial charge in [0.15, 0.2) is 8.32 Å². The lowest BCUT2D eigenvalue weighted by Crippen LogP contribution is -2.43. The van der Waals surface area contributed by atoms with Crippen LogP contribution in [0.1, 0.15) is 93.9 Å². The van der Waals surface area contributed by atoms with Crippen LogP contribution in [0, 0.1) is 0 Å². The molecule has 1 saturated carbocycles. The Morgan fingerprint density at radius 2 is 1.71 bits per heavy atom. The Labute approximate surface area is 252 Å². The molecule has 0 unspecified atom stereocenters. The standard InChI is InChI=1S/C34H48N4O3Si/c1-33(2,3)38-31(20-30(36-38)24-12-16-28(19-24)41-42(8,9)34(4,5)6)35-26-13-17-29-25(18-26)22-37(32(29)39)21-23-10-14-27(40-7)15-11-23/h10-11,13-15,17-18,20,24,28,35H,12,16,19,21-22H2,1-9H3/t24-,28+/m0/s1. The monoisotopic (exact) mass is 588 g/mol. The fraction of sp³-hybridized carbons (Fsp3) is 0.529. The molecule has 5 rings (SSSR count). The Morgan fingerprint density at radius 3 is 2.36 bits per heavy atom. The first-order valence-electron chi connectivity index (χ1n) is 15.2. The predicted molar refractivity (Wildman–Crippen MR) is 172 cm³/mol. The number of aromatic nitrogens is 2. The molecule has 8 heteroatoms. The summed E-state index contributed by atoms with van der Waals surface area (Å²) in [7, 11) is -0.143. The Balaban J connectivity index is 1.30. The zero-order chi connectivity index (χ0) is 30.4. The summed E-state index contributed by atoms with van der Waals surface area (Å²) in [5.41, 5.74) is 4.82. The number of rotatable bonds is 8. The second kappa shape index (κ2) is 11.2. The van der Waals surface area contributed by atoms with Crippen molar-refractivity contribution in [3.05, 3.63) is 70.9 Å². The predicted octanol–water partition coefficient (Wildman–Crippen LogP) is 8.20. The van der Waals surface area contributed by atoms with Crippen LogP contribution in [0.2, 0.25) is 18.1 Å². The first kappa shape index (κ1) is 30.4. The van der Waals surface area contributed by atoms with Crippen LogP contribution in [0.15, 0.2) is 48.5 Å². The topological polar surface area (TPSA) is 68.6 Å². The molecule has 1 N–H and O–H groups in total. The van der Waals surface area contributed by atoms with E-state index in [1.54, 1.807) is 7.11 Å². The SMILES string of the molecule is COc1ccc(CN2Cc3cc(Nc4cc([C@H]5CC[C@@H](O[Si](C)(C)C(C)(C)C)C5)nn4C(C)(C)C)ccc3C2=O)cc1. The second-order valence-electron chi connectivity index (χ2n) is 14.6. The minimum atomic E-state index is -1.80. The fourth-order valence-corrected chi connectivity index (χ4v) is 7.20. The zero-order valence-corrected chi connectivity index (χ0v) is 27.9. The number of carbonyl (C=O) groups is 1. The van der Waals surface area contributed by atoms with E-state index in [1.807, 2.05) is 41.3 Å². The van der Waals surface area contributed by atoms with Gasteiger partial charge in [0, 0.05) is 42.4 Å². The van der Waals surface area contributed by atoms with Crippen molar-refractivity contribution in [3.63, 3.8) is 0 Å². The molecule has 0 saturated heterocycles. The quantitative estimate of drug-likeness (QED) is 0.269. The van der Waals surface area contributed by atoms with Crippen LogP contribution in [0.3, 0.4) is 0 Å². The van der Waals surface area contributed by atoms with Gasteiger partial charge in [0.25, 0.3) is 5.91 Å². The third-order valence-corrected chi connectivity index (χ3v) is 13.8. The van der Waals surface area contributed by atoms with Crippen LogP contribution in [0.5, 0.6) is 5.75 Å². The number of methoxy groups -OCH3 is 1. The molecular formula is C34H48N4O3Si. The molecule has 7 nitrogen and oxygen atoms in total. The highest BCUT2D eigenvalue weighted by molar-refractivity contribution is 6.74. The normalized spacial score (nSPS) is 19.4. The molecule has 0 spiro atoms. The molecule has 2 heterocycles. The largest absolute Gasteiger partial charge is 0.497 e. The lowest BCUT2D eigenvalue weighted by atomic mass is 10.0. The summed E-state index contributed by atoms with van der Waals surface area (Å²) >= 11 is 0. The van der Waals surface area contributed by atoms with Crippen molar-refractivity contribution in [2.24, 2.45) is 0 Å². The van der Waals surface area contributed by atoms with Gasteiger partial charge in [-0.1, -0.05) is 32.9 Å². The van der Waals surface area contributed by atoms with Gasteiger partial charge in [0.1, 0.15) is 11.6 Å². The van der Waals surface area contributed by atoms with E-state index < -0.39 is 8.32 Å². The fourth-order valence-electron chi connectivity index (χ4n) is 5.79. The van der Waals surface area contributed by atoms with Crippen LogP contribution in [-0.4, -0.2) is 42.1 Å². The van der Waals surface area contributed by atoms with Crippen molar-refractivity contribution < 1.29 is 14.0 Å². The number of amides is 1. The van der Waals surface area contributed by atoms with Crippen molar-refractivity contribution in [3.8, 4) is 5.75 Å². The molecule has 2 aromatic carbocycles. The van der Waals surface area contributed by atoms with E-state index in [0.29, 0.717) is 25.1 Å². The smallest absolute Gasteiger partial charge is 0.254 e. The van der Waals surface area contributed by atoms with Crippen LogP contribution in [0.25, 0.3) is 0 Å². The second-order valence-corrected chi connectivity index (χ2v) is 19.3. The maximum Gasteiger partial charge on any atom is 0.254 e. The number of benzene rings is 2.